The van der Waals surface area contributed by atoms with Crippen LogP contribution in [0.5, 0.6) is 0 Å². The lowest BCUT2D eigenvalue weighted by Crippen LogP contribution is -2.45. The van der Waals surface area contributed by atoms with Crippen molar-refractivity contribution >= 4 is 11.9 Å². The summed E-state index contributed by atoms with van der Waals surface area (Å²) in [5.41, 5.74) is 0. The molecule has 70 heavy (non-hydrogen) atoms. The van der Waals surface area contributed by atoms with Gasteiger partial charge in [-0.25, -0.2) is 0 Å². The minimum absolute atomic E-state index is 0.0154. The third-order valence-corrected chi connectivity index (χ3v) is 15.4. The normalized spacial score (nSPS) is 12.5. The highest BCUT2D eigenvalue weighted by atomic mass is 16.5. The van der Waals surface area contributed by atoms with E-state index in [1.165, 1.54) is 302 Å². The van der Waals surface area contributed by atoms with Crippen molar-refractivity contribution in [1.29, 1.82) is 0 Å². The van der Waals surface area contributed by atoms with Crippen LogP contribution >= 0.6 is 0 Å². The molecule has 0 aromatic carbocycles. The molecular formula is C64H127NO5. The smallest absolute Gasteiger partial charge is 0.305 e. The molecule has 0 spiro atoms. The average Bonchev–Trinajstić information content (AvgIpc) is 3.36. The summed E-state index contributed by atoms with van der Waals surface area (Å²) in [7, 11) is 0. The Balaban J connectivity index is 3.37. The lowest BCUT2D eigenvalue weighted by atomic mass is 10.0. The van der Waals surface area contributed by atoms with Gasteiger partial charge in [0.25, 0.3) is 0 Å². The molecule has 0 heterocycles. The van der Waals surface area contributed by atoms with Gasteiger partial charge in [-0.15, -0.1) is 0 Å². The molecule has 3 N–H and O–H groups in total. The number of carbonyl (C=O) groups is 2. The Morgan fingerprint density at radius 1 is 0.343 bits per heavy atom. The predicted molar refractivity (Wildman–Crippen MR) is 306 cm³/mol. The van der Waals surface area contributed by atoms with E-state index < -0.39 is 12.1 Å². The minimum atomic E-state index is -0.664. The maximum Gasteiger partial charge on any atom is 0.305 e. The number of unbranched alkanes of at least 4 members (excludes halogenated alkanes) is 50. The zero-order valence-electron chi connectivity index (χ0n) is 47.8. The molecule has 0 saturated carbocycles. The maximum absolute atomic E-state index is 12.5. The van der Waals surface area contributed by atoms with Gasteiger partial charge < -0.3 is 20.3 Å². The molecule has 0 rings (SSSR count). The first-order chi connectivity index (χ1) is 34.5. The summed E-state index contributed by atoms with van der Waals surface area (Å²) in [4.78, 5) is 24.6. The molecule has 0 aliphatic heterocycles. The van der Waals surface area contributed by atoms with Gasteiger partial charge in [-0.3, -0.25) is 9.59 Å². The Labute approximate surface area is 438 Å². The summed E-state index contributed by atoms with van der Waals surface area (Å²) in [5.74, 6) is -0.0174. The van der Waals surface area contributed by atoms with Gasteiger partial charge in [0, 0.05) is 12.8 Å². The van der Waals surface area contributed by atoms with Crippen LogP contribution in [0.3, 0.4) is 0 Å². The van der Waals surface area contributed by atoms with Gasteiger partial charge in [0.1, 0.15) is 0 Å². The van der Waals surface area contributed by atoms with Crippen molar-refractivity contribution in [2.24, 2.45) is 0 Å². The van der Waals surface area contributed by atoms with Gasteiger partial charge in [-0.2, -0.15) is 0 Å². The summed E-state index contributed by atoms with van der Waals surface area (Å²) < 4.78 is 5.50. The number of amides is 1. The van der Waals surface area contributed by atoms with Gasteiger partial charge in [0.15, 0.2) is 0 Å². The van der Waals surface area contributed by atoms with E-state index in [0.29, 0.717) is 25.9 Å². The fourth-order valence-electron chi connectivity index (χ4n) is 10.5. The second-order valence-electron chi connectivity index (χ2n) is 22.5. The van der Waals surface area contributed by atoms with Gasteiger partial charge >= 0.3 is 5.97 Å². The molecule has 1 amide bonds. The molecule has 0 saturated heterocycles. The zero-order chi connectivity index (χ0) is 50.7. The SMILES string of the molecule is CCCCCCCCCCCCCCCCCCCC(O)C(CO)NC(=O)CCCCCCCCCCCCCCCCCCCCCCOC(=O)CCCCCCCCCCCCCCCCCC. The number of esters is 1. The maximum atomic E-state index is 12.5. The predicted octanol–water partition coefficient (Wildman–Crippen LogP) is 20.3. The van der Waals surface area contributed by atoms with Crippen LogP contribution in [-0.4, -0.2) is 47.4 Å². The molecule has 0 aliphatic carbocycles. The highest BCUT2D eigenvalue weighted by molar-refractivity contribution is 5.76. The van der Waals surface area contributed by atoms with Crippen LogP contribution < -0.4 is 5.32 Å². The Bertz CT molecular complexity index is 1010. The van der Waals surface area contributed by atoms with Crippen LogP contribution in [0.4, 0.5) is 0 Å². The van der Waals surface area contributed by atoms with Crippen LogP contribution in [0.15, 0.2) is 0 Å². The molecule has 6 heteroatoms. The highest BCUT2D eigenvalue weighted by Gasteiger charge is 2.20. The fourth-order valence-corrected chi connectivity index (χ4v) is 10.5. The third kappa shape index (κ3) is 56.2. The molecule has 6 nitrogen and oxygen atoms in total. The summed E-state index contributed by atoms with van der Waals surface area (Å²) in [6.45, 7) is 4.99. The molecule has 2 unspecified atom stereocenters. The number of hydrogen-bond acceptors (Lipinski definition) is 5. The van der Waals surface area contributed by atoms with E-state index in [0.717, 1.165) is 38.5 Å². The van der Waals surface area contributed by atoms with Crippen molar-refractivity contribution in [2.45, 2.75) is 386 Å². The van der Waals surface area contributed by atoms with Crippen LogP contribution in [-0.2, 0) is 14.3 Å². The Morgan fingerprint density at radius 2 is 0.586 bits per heavy atom. The van der Waals surface area contributed by atoms with Gasteiger partial charge in [-0.05, 0) is 25.7 Å². The van der Waals surface area contributed by atoms with Crippen molar-refractivity contribution < 1.29 is 24.5 Å². The van der Waals surface area contributed by atoms with E-state index >= 15 is 0 Å². The van der Waals surface area contributed by atoms with Crippen molar-refractivity contribution in [3.63, 3.8) is 0 Å². The summed E-state index contributed by atoms with van der Waals surface area (Å²) in [5, 5.41) is 23.3. The first kappa shape index (κ1) is 68.9. The van der Waals surface area contributed by atoms with E-state index in [9.17, 15) is 19.8 Å². The summed E-state index contributed by atoms with van der Waals surface area (Å²) in [6, 6.07) is -0.542. The largest absolute Gasteiger partial charge is 0.466 e. The monoisotopic (exact) mass is 990 g/mol. The van der Waals surface area contributed by atoms with E-state index in [1.54, 1.807) is 0 Å². The number of aliphatic hydroxyl groups is 2. The summed E-state index contributed by atoms with van der Waals surface area (Å²) in [6.07, 6.45) is 71.1. The Morgan fingerprint density at radius 3 is 0.871 bits per heavy atom. The van der Waals surface area contributed by atoms with Gasteiger partial charge in [0.05, 0.1) is 25.4 Å². The lowest BCUT2D eigenvalue weighted by Gasteiger charge is -2.22. The Hall–Kier alpha value is -1.14. The average molecular weight is 991 g/mol. The Kier molecular flexibility index (Phi) is 59.4. The zero-order valence-corrected chi connectivity index (χ0v) is 47.8. The minimum Gasteiger partial charge on any atom is -0.466 e. The molecule has 0 fully saturated rings. The molecule has 0 aromatic rings. The third-order valence-electron chi connectivity index (χ3n) is 15.4. The second kappa shape index (κ2) is 60.4. The second-order valence-corrected chi connectivity index (χ2v) is 22.5. The van der Waals surface area contributed by atoms with Crippen molar-refractivity contribution in [1.82, 2.24) is 5.32 Å². The molecule has 0 aliphatic rings. The topological polar surface area (TPSA) is 95.9 Å². The lowest BCUT2D eigenvalue weighted by molar-refractivity contribution is -0.143. The van der Waals surface area contributed by atoms with E-state index in [4.69, 9.17) is 4.74 Å². The van der Waals surface area contributed by atoms with Crippen molar-refractivity contribution in [3.8, 4) is 0 Å². The molecule has 0 radical (unpaired) electrons. The van der Waals surface area contributed by atoms with Gasteiger partial charge in [-0.1, -0.05) is 335 Å². The van der Waals surface area contributed by atoms with E-state index in [2.05, 4.69) is 19.2 Å². The molecular weight excluding hydrogens is 863 g/mol. The number of rotatable bonds is 61. The standard InChI is InChI=1S/C64H127NO5/c1-3-5-7-9-11-13-15-17-19-25-28-32-36-40-44-48-52-56-62(67)61(60-66)65-63(68)57-53-49-45-41-37-33-29-26-23-21-22-24-27-31-35-39-43-47-51-55-59-70-64(69)58-54-50-46-42-38-34-30-20-18-16-14-12-10-8-6-4-2/h61-62,66-67H,3-60H2,1-2H3,(H,65,68). The number of nitrogens with one attached hydrogen (secondary N) is 1. The van der Waals surface area contributed by atoms with Crippen molar-refractivity contribution in [2.75, 3.05) is 13.2 Å². The number of carbonyl (C=O) groups excluding carboxylic acids is 2. The number of aliphatic hydroxyl groups excluding tert-OH is 2. The van der Waals surface area contributed by atoms with Crippen LogP contribution in [0.1, 0.15) is 373 Å². The van der Waals surface area contributed by atoms with E-state index in [1.807, 2.05) is 0 Å². The fraction of sp³-hybridized carbons (Fsp3) is 0.969. The van der Waals surface area contributed by atoms with Crippen LogP contribution in [0.25, 0.3) is 0 Å². The first-order valence-electron chi connectivity index (χ1n) is 32.3. The number of ether oxygens (including phenoxy) is 1. The first-order valence-corrected chi connectivity index (χ1v) is 32.3. The van der Waals surface area contributed by atoms with Gasteiger partial charge in [0.2, 0.25) is 5.91 Å². The van der Waals surface area contributed by atoms with Crippen LogP contribution in [0, 0.1) is 0 Å². The molecule has 418 valence electrons. The molecule has 2 atom stereocenters. The summed E-state index contributed by atoms with van der Waals surface area (Å²) >= 11 is 0. The highest BCUT2D eigenvalue weighted by Crippen LogP contribution is 2.19. The van der Waals surface area contributed by atoms with Crippen molar-refractivity contribution in [3.05, 3.63) is 0 Å². The van der Waals surface area contributed by atoms with Crippen LogP contribution in [0.2, 0.25) is 0 Å². The molecule has 0 aromatic heterocycles. The quantitative estimate of drug-likeness (QED) is 0.0417. The molecule has 0 bridgehead atoms. The number of hydrogen-bond donors (Lipinski definition) is 3. The van der Waals surface area contributed by atoms with E-state index in [-0.39, 0.29) is 18.5 Å².